The quantitative estimate of drug-likeness (QED) is 0.901. The van der Waals surface area contributed by atoms with Gasteiger partial charge in [0, 0.05) is 30.8 Å². The van der Waals surface area contributed by atoms with Crippen molar-refractivity contribution in [3.05, 3.63) is 42.2 Å². The summed E-state index contributed by atoms with van der Waals surface area (Å²) >= 11 is 0. The second-order valence-corrected chi connectivity index (χ2v) is 4.83. The maximum atomic E-state index is 10.4. The van der Waals surface area contributed by atoms with E-state index in [4.69, 9.17) is 4.74 Å². The molecule has 1 N–H and O–H groups in total. The van der Waals surface area contributed by atoms with Gasteiger partial charge in [-0.25, -0.2) is 0 Å². The highest BCUT2D eigenvalue weighted by Crippen LogP contribution is 2.29. The van der Waals surface area contributed by atoms with Gasteiger partial charge in [0.25, 0.3) is 0 Å². The fourth-order valence-corrected chi connectivity index (χ4v) is 2.63. The minimum absolute atomic E-state index is 0.201. The van der Waals surface area contributed by atoms with Crippen LogP contribution in [0.1, 0.15) is 30.9 Å². The largest absolute Gasteiger partial charge is 0.388 e. The molecule has 0 spiro atoms. The van der Waals surface area contributed by atoms with E-state index >= 15 is 0 Å². The lowest BCUT2D eigenvalue weighted by atomic mass is 9.97. The van der Waals surface area contributed by atoms with Gasteiger partial charge in [-0.05, 0) is 29.9 Å². The molecule has 1 aromatic heterocycles. The molecular weight excluding hydrogens is 226 g/mol. The van der Waals surface area contributed by atoms with Crippen LogP contribution < -0.4 is 0 Å². The molecule has 94 valence electrons. The molecule has 0 saturated carbocycles. The van der Waals surface area contributed by atoms with Gasteiger partial charge in [-0.1, -0.05) is 18.2 Å². The number of aromatic nitrogens is 1. The van der Waals surface area contributed by atoms with E-state index in [1.54, 1.807) is 6.20 Å². The average molecular weight is 243 g/mol. The smallest absolute Gasteiger partial charge is 0.0821 e. The molecular formula is C15H17NO2. The number of ether oxygens (including phenoxy) is 1. The first-order valence-corrected chi connectivity index (χ1v) is 6.47. The maximum Gasteiger partial charge on any atom is 0.0821 e. The summed E-state index contributed by atoms with van der Waals surface area (Å²) in [6, 6.07) is 7.97. The number of fused-ring (bicyclic) bond motifs is 1. The van der Waals surface area contributed by atoms with Crippen LogP contribution in [-0.4, -0.2) is 22.8 Å². The lowest BCUT2D eigenvalue weighted by Crippen LogP contribution is -2.11. The van der Waals surface area contributed by atoms with Gasteiger partial charge >= 0.3 is 0 Å². The molecule has 18 heavy (non-hydrogen) atoms. The van der Waals surface area contributed by atoms with Gasteiger partial charge in [-0.3, -0.25) is 4.98 Å². The first kappa shape index (κ1) is 11.6. The van der Waals surface area contributed by atoms with Crippen LogP contribution >= 0.6 is 0 Å². The Morgan fingerprint density at radius 1 is 1.39 bits per heavy atom. The SMILES string of the molecule is OC(CC1CCCO1)c1cccc2ccncc12. The number of aliphatic hydroxyl groups is 1. The zero-order valence-corrected chi connectivity index (χ0v) is 10.2. The Bertz CT molecular complexity index is 530. The van der Waals surface area contributed by atoms with E-state index in [0.717, 1.165) is 35.8 Å². The van der Waals surface area contributed by atoms with E-state index in [0.29, 0.717) is 6.42 Å². The molecule has 1 saturated heterocycles. The lowest BCUT2D eigenvalue weighted by molar-refractivity contribution is 0.0540. The Hall–Kier alpha value is -1.45. The molecule has 2 aromatic rings. The van der Waals surface area contributed by atoms with E-state index in [1.165, 1.54) is 0 Å². The predicted molar refractivity (Wildman–Crippen MR) is 70.3 cm³/mol. The van der Waals surface area contributed by atoms with Gasteiger partial charge in [0.15, 0.2) is 0 Å². The van der Waals surface area contributed by atoms with Gasteiger partial charge in [0.05, 0.1) is 12.2 Å². The van der Waals surface area contributed by atoms with E-state index in [2.05, 4.69) is 4.98 Å². The number of nitrogens with zero attached hydrogens (tertiary/aromatic N) is 1. The van der Waals surface area contributed by atoms with Crippen LogP contribution in [0.4, 0.5) is 0 Å². The number of benzene rings is 1. The van der Waals surface area contributed by atoms with Gasteiger partial charge < -0.3 is 9.84 Å². The summed E-state index contributed by atoms with van der Waals surface area (Å²) in [5, 5.41) is 12.5. The third-order valence-corrected chi connectivity index (χ3v) is 3.59. The summed E-state index contributed by atoms with van der Waals surface area (Å²) < 4.78 is 5.58. The number of rotatable bonds is 3. The summed E-state index contributed by atoms with van der Waals surface area (Å²) in [5.74, 6) is 0. The third kappa shape index (κ3) is 2.24. The molecule has 3 heteroatoms. The number of hydrogen-bond acceptors (Lipinski definition) is 3. The molecule has 3 nitrogen and oxygen atoms in total. The van der Waals surface area contributed by atoms with Crippen LogP contribution in [-0.2, 0) is 4.74 Å². The van der Waals surface area contributed by atoms with Crippen molar-refractivity contribution in [2.75, 3.05) is 6.61 Å². The van der Waals surface area contributed by atoms with Crippen molar-refractivity contribution in [1.29, 1.82) is 0 Å². The number of aliphatic hydroxyl groups excluding tert-OH is 1. The highest BCUT2D eigenvalue weighted by atomic mass is 16.5. The van der Waals surface area contributed by atoms with Crippen molar-refractivity contribution in [3.63, 3.8) is 0 Å². The zero-order chi connectivity index (χ0) is 12.4. The Labute approximate surface area is 106 Å². The molecule has 2 atom stereocenters. The Kier molecular flexibility index (Phi) is 3.26. The lowest BCUT2D eigenvalue weighted by Gasteiger charge is -2.17. The zero-order valence-electron chi connectivity index (χ0n) is 10.2. The molecule has 0 amide bonds. The second kappa shape index (κ2) is 5.04. The summed E-state index contributed by atoms with van der Waals surface area (Å²) in [4.78, 5) is 4.15. The third-order valence-electron chi connectivity index (χ3n) is 3.59. The monoisotopic (exact) mass is 243 g/mol. The van der Waals surface area contributed by atoms with Gasteiger partial charge in [-0.2, -0.15) is 0 Å². The second-order valence-electron chi connectivity index (χ2n) is 4.83. The van der Waals surface area contributed by atoms with Crippen molar-refractivity contribution in [1.82, 2.24) is 4.98 Å². The Morgan fingerprint density at radius 2 is 2.33 bits per heavy atom. The molecule has 2 unspecified atom stereocenters. The van der Waals surface area contributed by atoms with E-state index in [9.17, 15) is 5.11 Å². The van der Waals surface area contributed by atoms with Gasteiger partial charge in [0.1, 0.15) is 0 Å². The van der Waals surface area contributed by atoms with Crippen LogP contribution in [0.3, 0.4) is 0 Å². The average Bonchev–Trinajstić information content (AvgIpc) is 2.91. The molecule has 1 fully saturated rings. The molecule has 1 aliphatic rings. The Morgan fingerprint density at radius 3 is 3.17 bits per heavy atom. The minimum Gasteiger partial charge on any atom is -0.388 e. The predicted octanol–water partition coefficient (Wildman–Crippen LogP) is 2.84. The normalized spacial score (nSPS) is 21.3. The molecule has 0 bridgehead atoms. The van der Waals surface area contributed by atoms with Crippen LogP contribution in [0.15, 0.2) is 36.7 Å². The van der Waals surface area contributed by atoms with E-state index < -0.39 is 6.10 Å². The molecule has 2 heterocycles. The van der Waals surface area contributed by atoms with Crippen molar-refractivity contribution < 1.29 is 9.84 Å². The van der Waals surface area contributed by atoms with Crippen molar-refractivity contribution in [2.24, 2.45) is 0 Å². The van der Waals surface area contributed by atoms with Crippen molar-refractivity contribution in [3.8, 4) is 0 Å². The topological polar surface area (TPSA) is 42.4 Å². The van der Waals surface area contributed by atoms with Gasteiger partial charge in [-0.15, -0.1) is 0 Å². The fourth-order valence-electron chi connectivity index (χ4n) is 2.63. The molecule has 1 aromatic carbocycles. The first-order valence-electron chi connectivity index (χ1n) is 6.47. The summed E-state index contributed by atoms with van der Waals surface area (Å²) in [6.45, 7) is 0.828. The highest BCUT2D eigenvalue weighted by molar-refractivity contribution is 5.85. The summed E-state index contributed by atoms with van der Waals surface area (Å²) in [7, 11) is 0. The summed E-state index contributed by atoms with van der Waals surface area (Å²) in [5.41, 5.74) is 0.955. The van der Waals surface area contributed by atoms with Gasteiger partial charge in [0.2, 0.25) is 0 Å². The highest BCUT2D eigenvalue weighted by Gasteiger charge is 2.21. The standard InChI is InChI=1S/C15H17NO2/c17-15(9-12-4-2-8-18-12)13-5-1-3-11-6-7-16-10-14(11)13/h1,3,5-7,10,12,15,17H,2,4,8-9H2. The first-order chi connectivity index (χ1) is 8.84. The van der Waals surface area contributed by atoms with E-state index in [-0.39, 0.29) is 6.10 Å². The molecule has 0 aliphatic carbocycles. The Balaban J connectivity index is 1.88. The van der Waals surface area contributed by atoms with Crippen LogP contribution in [0.2, 0.25) is 0 Å². The molecule has 3 rings (SSSR count). The van der Waals surface area contributed by atoms with E-state index in [1.807, 2.05) is 30.5 Å². The minimum atomic E-state index is -0.471. The number of pyridine rings is 1. The maximum absolute atomic E-state index is 10.4. The summed E-state index contributed by atoms with van der Waals surface area (Å²) in [6.07, 6.45) is 6.16. The van der Waals surface area contributed by atoms with Crippen LogP contribution in [0.5, 0.6) is 0 Å². The van der Waals surface area contributed by atoms with Crippen molar-refractivity contribution >= 4 is 10.8 Å². The molecule has 1 aliphatic heterocycles. The van der Waals surface area contributed by atoms with Crippen LogP contribution in [0.25, 0.3) is 10.8 Å². The number of hydrogen-bond donors (Lipinski definition) is 1. The van der Waals surface area contributed by atoms with Crippen LogP contribution in [0, 0.1) is 0 Å². The molecule has 0 radical (unpaired) electrons. The van der Waals surface area contributed by atoms with Crippen molar-refractivity contribution in [2.45, 2.75) is 31.5 Å². The fraction of sp³-hybridized carbons (Fsp3) is 0.400.